The molecule has 0 unspecified atom stereocenters. The first-order chi connectivity index (χ1) is 16.5. The van der Waals surface area contributed by atoms with Crippen LogP contribution in [-0.4, -0.2) is 63.6 Å². The number of hydrogen-bond acceptors (Lipinski definition) is 7. The maximum absolute atomic E-state index is 13.2. The Hall–Kier alpha value is -3.63. The molecule has 1 aliphatic rings. The van der Waals surface area contributed by atoms with Crippen LogP contribution in [0, 0.1) is 5.82 Å². The number of hydrogen-bond donors (Lipinski definition) is 0. The molecule has 1 amide bonds. The summed E-state index contributed by atoms with van der Waals surface area (Å²) in [6.45, 7) is 3.00. The second-order valence-corrected chi connectivity index (χ2v) is 8.92. The van der Waals surface area contributed by atoms with Crippen LogP contribution in [0.3, 0.4) is 0 Å². The van der Waals surface area contributed by atoms with Crippen molar-refractivity contribution in [1.82, 2.24) is 24.4 Å². The lowest BCUT2D eigenvalue weighted by Gasteiger charge is -2.34. The van der Waals surface area contributed by atoms with Gasteiger partial charge in [0, 0.05) is 44.4 Å². The van der Waals surface area contributed by atoms with Crippen molar-refractivity contribution in [2.24, 2.45) is 0 Å². The van der Waals surface area contributed by atoms with Crippen LogP contribution in [0.1, 0.15) is 16.1 Å². The highest BCUT2D eigenvalue weighted by molar-refractivity contribution is 7.19. The maximum Gasteiger partial charge on any atom is 0.275 e. The summed E-state index contributed by atoms with van der Waals surface area (Å²) >= 11 is 1.29. The summed E-state index contributed by atoms with van der Waals surface area (Å²) in [7, 11) is 1.56. The zero-order valence-electron chi connectivity index (χ0n) is 18.5. The minimum absolute atomic E-state index is 0.0483. The SMILES string of the molecule is COc1ccccc1C(=O)N1CCN(Cc2cc(=O)n3nc(-c4ccc(F)cc4)sc3n2)CC1. The Morgan fingerprint density at radius 2 is 1.82 bits per heavy atom. The average Bonchev–Trinajstić information content (AvgIpc) is 3.29. The molecule has 2 aromatic carbocycles. The molecule has 4 aromatic rings. The topological polar surface area (TPSA) is 80.0 Å². The van der Waals surface area contributed by atoms with E-state index in [0.29, 0.717) is 59.7 Å². The molecule has 10 heteroatoms. The monoisotopic (exact) mass is 479 g/mol. The lowest BCUT2D eigenvalue weighted by Crippen LogP contribution is -2.48. The molecule has 8 nitrogen and oxygen atoms in total. The number of nitrogens with zero attached hydrogens (tertiary/aromatic N) is 5. The highest BCUT2D eigenvalue weighted by atomic mass is 32.1. The lowest BCUT2D eigenvalue weighted by molar-refractivity contribution is 0.0624. The Morgan fingerprint density at radius 1 is 1.09 bits per heavy atom. The van der Waals surface area contributed by atoms with Crippen molar-refractivity contribution < 1.29 is 13.9 Å². The Labute approximate surface area is 198 Å². The second-order valence-electron chi connectivity index (χ2n) is 7.96. The van der Waals surface area contributed by atoms with Crippen LogP contribution in [-0.2, 0) is 6.54 Å². The fraction of sp³-hybridized carbons (Fsp3) is 0.250. The summed E-state index contributed by atoms with van der Waals surface area (Å²) < 4.78 is 19.8. The van der Waals surface area contributed by atoms with Crippen molar-refractivity contribution in [3.63, 3.8) is 0 Å². The lowest BCUT2D eigenvalue weighted by atomic mass is 10.1. The number of benzene rings is 2. The molecule has 1 saturated heterocycles. The van der Waals surface area contributed by atoms with Gasteiger partial charge in [-0.3, -0.25) is 14.5 Å². The fourth-order valence-electron chi connectivity index (χ4n) is 3.98. The van der Waals surface area contributed by atoms with Crippen molar-refractivity contribution in [2.75, 3.05) is 33.3 Å². The molecule has 34 heavy (non-hydrogen) atoms. The number of aromatic nitrogens is 3. The van der Waals surface area contributed by atoms with Gasteiger partial charge < -0.3 is 9.64 Å². The largest absolute Gasteiger partial charge is 0.496 e. The quantitative estimate of drug-likeness (QED) is 0.438. The molecule has 0 atom stereocenters. The number of para-hydroxylation sites is 1. The number of piperazine rings is 1. The van der Waals surface area contributed by atoms with Crippen LogP contribution in [0.5, 0.6) is 5.75 Å². The molecule has 5 rings (SSSR count). The highest BCUT2D eigenvalue weighted by Crippen LogP contribution is 2.25. The summed E-state index contributed by atoms with van der Waals surface area (Å²) in [4.78, 5) is 34.6. The van der Waals surface area contributed by atoms with E-state index in [1.807, 2.05) is 17.0 Å². The third kappa shape index (κ3) is 4.42. The van der Waals surface area contributed by atoms with Gasteiger partial charge in [0.25, 0.3) is 11.5 Å². The number of carbonyl (C=O) groups excluding carboxylic acids is 1. The van der Waals surface area contributed by atoms with Gasteiger partial charge >= 0.3 is 0 Å². The molecule has 2 aromatic heterocycles. The van der Waals surface area contributed by atoms with Crippen LogP contribution in [0.4, 0.5) is 4.39 Å². The number of amides is 1. The minimum atomic E-state index is -0.327. The Bertz CT molecular complexity index is 1390. The van der Waals surface area contributed by atoms with E-state index < -0.39 is 0 Å². The van der Waals surface area contributed by atoms with Gasteiger partial charge in [0.15, 0.2) is 0 Å². The van der Waals surface area contributed by atoms with Crippen molar-refractivity contribution in [1.29, 1.82) is 0 Å². The predicted octanol–water partition coefficient (Wildman–Crippen LogP) is 2.92. The van der Waals surface area contributed by atoms with E-state index in [0.717, 1.165) is 5.56 Å². The van der Waals surface area contributed by atoms with Crippen LogP contribution >= 0.6 is 11.3 Å². The van der Waals surface area contributed by atoms with Gasteiger partial charge in [-0.1, -0.05) is 23.5 Å². The Balaban J connectivity index is 1.27. The predicted molar refractivity (Wildman–Crippen MR) is 127 cm³/mol. The van der Waals surface area contributed by atoms with E-state index in [9.17, 15) is 14.0 Å². The van der Waals surface area contributed by atoms with Gasteiger partial charge in [-0.2, -0.15) is 9.61 Å². The van der Waals surface area contributed by atoms with Crippen LogP contribution in [0.2, 0.25) is 0 Å². The van der Waals surface area contributed by atoms with Gasteiger partial charge in [0.2, 0.25) is 4.96 Å². The first-order valence-corrected chi connectivity index (χ1v) is 11.6. The standard InChI is InChI=1S/C24H22FN5O3S/c1-33-20-5-3-2-4-19(20)23(32)29-12-10-28(11-13-29)15-18-14-21(31)30-24(26-18)34-22(27-30)16-6-8-17(25)9-7-16/h2-9,14H,10-13,15H2,1H3. The summed E-state index contributed by atoms with van der Waals surface area (Å²) in [5.74, 6) is 0.192. The molecule has 0 N–H and O–H groups in total. The van der Waals surface area contributed by atoms with Crippen molar-refractivity contribution >= 4 is 22.2 Å². The first-order valence-electron chi connectivity index (χ1n) is 10.8. The molecule has 0 aliphatic carbocycles. The van der Waals surface area contributed by atoms with Gasteiger partial charge in [-0.25, -0.2) is 9.37 Å². The molecule has 1 fully saturated rings. The van der Waals surface area contributed by atoms with E-state index in [2.05, 4.69) is 15.0 Å². The zero-order chi connectivity index (χ0) is 23.7. The third-order valence-corrected chi connectivity index (χ3v) is 6.73. The second kappa shape index (κ2) is 9.32. The average molecular weight is 480 g/mol. The normalized spacial score (nSPS) is 14.5. The summed E-state index contributed by atoms with van der Waals surface area (Å²) in [6.07, 6.45) is 0. The highest BCUT2D eigenvalue weighted by Gasteiger charge is 2.24. The Morgan fingerprint density at radius 3 is 2.56 bits per heavy atom. The molecule has 0 radical (unpaired) electrons. The van der Waals surface area contributed by atoms with Crippen LogP contribution in [0.15, 0.2) is 59.4 Å². The molecule has 0 bridgehead atoms. The third-order valence-electron chi connectivity index (χ3n) is 5.77. The van der Waals surface area contributed by atoms with Gasteiger partial charge in [-0.15, -0.1) is 0 Å². The van der Waals surface area contributed by atoms with Gasteiger partial charge in [0.1, 0.15) is 16.6 Å². The van der Waals surface area contributed by atoms with Crippen molar-refractivity contribution in [3.8, 4) is 16.3 Å². The number of fused-ring (bicyclic) bond motifs is 1. The van der Waals surface area contributed by atoms with Crippen molar-refractivity contribution in [3.05, 3.63) is 82.0 Å². The molecule has 1 aliphatic heterocycles. The van der Waals surface area contributed by atoms with E-state index in [1.165, 1.54) is 34.1 Å². The number of rotatable bonds is 5. The number of halogens is 1. The summed E-state index contributed by atoms with van der Waals surface area (Å²) in [5.41, 5.74) is 1.69. The smallest absolute Gasteiger partial charge is 0.275 e. The van der Waals surface area contributed by atoms with Crippen LogP contribution < -0.4 is 10.3 Å². The van der Waals surface area contributed by atoms with Gasteiger partial charge in [-0.05, 0) is 36.4 Å². The molecule has 174 valence electrons. The van der Waals surface area contributed by atoms with E-state index in [1.54, 1.807) is 31.4 Å². The first kappa shape index (κ1) is 22.2. The number of ether oxygens (including phenoxy) is 1. The minimum Gasteiger partial charge on any atom is -0.496 e. The maximum atomic E-state index is 13.2. The summed E-state index contributed by atoms with van der Waals surface area (Å²) in [6, 6.07) is 14.7. The molecular formula is C24H22FN5O3S. The molecule has 0 spiro atoms. The number of methoxy groups -OCH3 is 1. The van der Waals surface area contributed by atoms with E-state index in [4.69, 9.17) is 4.74 Å². The number of carbonyl (C=O) groups is 1. The Kier molecular flexibility index (Phi) is 6.08. The van der Waals surface area contributed by atoms with Crippen LogP contribution in [0.25, 0.3) is 15.5 Å². The van der Waals surface area contributed by atoms with Gasteiger partial charge in [0.05, 0.1) is 18.4 Å². The van der Waals surface area contributed by atoms with E-state index in [-0.39, 0.29) is 17.3 Å². The molecular weight excluding hydrogens is 457 g/mol. The summed E-state index contributed by atoms with van der Waals surface area (Å²) in [5, 5.41) is 4.94. The molecule has 0 saturated carbocycles. The van der Waals surface area contributed by atoms with E-state index >= 15 is 0 Å². The molecule has 3 heterocycles. The zero-order valence-corrected chi connectivity index (χ0v) is 19.3. The van der Waals surface area contributed by atoms with Crippen molar-refractivity contribution in [2.45, 2.75) is 6.54 Å². The fourth-order valence-corrected chi connectivity index (χ4v) is 4.91.